The number of carboxylic acids is 1. The molecule has 5 nitrogen and oxygen atoms in total. The second-order valence-corrected chi connectivity index (χ2v) is 2.69. The van der Waals surface area contributed by atoms with E-state index in [0.717, 1.165) is 0 Å². The molecule has 1 aromatic rings. The maximum atomic E-state index is 10.7. The van der Waals surface area contributed by atoms with Gasteiger partial charge in [-0.25, -0.2) is 14.8 Å². The molecule has 0 aliphatic heterocycles. The second-order valence-electron chi connectivity index (χ2n) is 2.69. The highest BCUT2D eigenvalue weighted by atomic mass is 35.5. The van der Waals surface area contributed by atoms with Gasteiger partial charge < -0.3 is 10.8 Å². The fraction of sp³-hybridized carbons (Fsp3) is 0.375. The Morgan fingerprint density at radius 1 is 1.36 bits per heavy atom. The summed E-state index contributed by atoms with van der Waals surface area (Å²) >= 11 is 0. The summed E-state index contributed by atoms with van der Waals surface area (Å²) < 4.78 is 0. The van der Waals surface area contributed by atoms with Crippen LogP contribution in [0.15, 0.2) is 0 Å². The van der Waals surface area contributed by atoms with Gasteiger partial charge in [-0.3, -0.25) is 0 Å². The van der Waals surface area contributed by atoms with Crippen molar-refractivity contribution in [2.45, 2.75) is 20.4 Å². The number of halogens is 1. The van der Waals surface area contributed by atoms with Gasteiger partial charge in [0.1, 0.15) is 11.4 Å². The molecular formula is C8H12ClN3O2. The van der Waals surface area contributed by atoms with E-state index in [0.29, 0.717) is 17.2 Å². The molecule has 0 spiro atoms. The summed E-state index contributed by atoms with van der Waals surface area (Å²) in [6.07, 6.45) is 0. The van der Waals surface area contributed by atoms with Crippen LogP contribution in [0, 0.1) is 13.8 Å². The molecule has 1 rings (SSSR count). The van der Waals surface area contributed by atoms with Crippen molar-refractivity contribution < 1.29 is 9.90 Å². The summed E-state index contributed by atoms with van der Waals surface area (Å²) in [4.78, 5) is 18.6. The minimum atomic E-state index is -1.00. The van der Waals surface area contributed by atoms with Crippen molar-refractivity contribution in [1.29, 1.82) is 0 Å². The van der Waals surface area contributed by atoms with Crippen LogP contribution in [-0.4, -0.2) is 21.0 Å². The van der Waals surface area contributed by atoms with Gasteiger partial charge in [0.15, 0.2) is 0 Å². The normalized spacial score (nSPS) is 9.36. The molecule has 78 valence electrons. The Morgan fingerprint density at radius 2 is 1.79 bits per heavy atom. The first-order chi connectivity index (χ1) is 6.06. The minimum Gasteiger partial charge on any atom is -0.478 e. The van der Waals surface area contributed by atoms with E-state index >= 15 is 0 Å². The van der Waals surface area contributed by atoms with Gasteiger partial charge in [-0.15, -0.1) is 12.4 Å². The van der Waals surface area contributed by atoms with Gasteiger partial charge in [0.05, 0.1) is 17.9 Å². The number of carbonyl (C=O) groups is 1. The van der Waals surface area contributed by atoms with Gasteiger partial charge >= 0.3 is 5.97 Å². The predicted molar refractivity (Wildman–Crippen MR) is 53.6 cm³/mol. The first-order valence-corrected chi connectivity index (χ1v) is 3.83. The van der Waals surface area contributed by atoms with Gasteiger partial charge in [-0.1, -0.05) is 0 Å². The molecule has 0 fully saturated rings. The van der Waals surface area contributed by atoms with Gasteiger partial charge in [0.2, 0.25) is 0 Å². The van der Waals surface area contributed by atoms with Crippen LogP contribution >= 0.6 is 12.4 Å². The summed E-state index contributed by atoms with van der Waals surface area (Å²) in [5, 5.41) is 8.80. The fourth-order valence-corrected chi connectivity index (χ4v) is 1.19. The summed E-state index contributed by atoms with van der Waals surface area (Å²) in [6.45, 7) is 3.50. The molecule has 0 aliphatic rings. The topological polar surface area (TPSA) is 89.1 Å². The van der Waals surface area contributed by atoms with E-state index < -0.39 is 5.97 Å². The first-order valence-electron chi connectivity index (χ1n) is 3.83. The molecule has 0 aliphatic carbocycles. The zero-order chi connectivity index (χ0) is 10.0. The number of nitrogens with two attached hydrogens (primary N) is 1. The average Bonchev–Trinajstić information content (AvgIpc) is 2.02. The standard InChI is InChI=1S/C8H11N3O2.ClH/c1-4-7(8(12)13)5(2)11-6(3-9)10-4;/h3,9H2,1-2H3,(H,12,13);1H. The number of hydrogen-bond donors (Lipinski definition) is 2. The van der Waals surface area contributed by atoms with Crippen LogP contribution in [0.2, 0.25) is 0 Å². The molecule has 0 amide bonds. The predicted octanol–water partition coefficient (Wildman–Crippen LogP) is 0.672. The van der Waals surface area contributed by atoms with E-state index in [-0.39, 0.29) is 24.5 Å². The molecule has 0 radical (unpaired) electrons. The molecule has 0 bridgehead atoms. The quantitative estimate of drug-likeness (QED) is 0.760. The second kappa shape index (κ2) is 4.88. The number of aromatic carboxylic acids is 1. The van der Waals surface area contributed by atoms with Crippen LogP contribution in [0.1, 0.15) is 27.6 Å². The fourth-order valence-electron chi connectivity index (χ4n) is 1.19. The molecule has 6 heteroatoms. The minimum absolute atomic E-state index is 0. The van der Waals surface area contributed by atoms with E-state index in [4.69, 9.17) is 10.8 Å². The molecule has 0 aromatic carbocycles. The van der Waals surface area contributed by atoms with Crippen LogP contribution < -0.4 is 5.73 Å². The lowest BCUT2D eigenvalue weighted by atomic mass is 10.2. The number of aromatic nitrogens is 2. The highest BCUT2D eigenvalue weighted by Crippen LogP contribution is 2.09. The van der Waals surface area contributed by atoms with Gasteiger partial charge in [0.25, 0.3) is 0 Å². The third-order valence-corrected chi connectivity index (χ3v) is 1.71. The first kappa shape index (κ1) is 12.8. The zero-order valence-corrected chi connectivity index (χ0v) is 8.76. The Hall–Kier alpha value is -1.20. The summed E-state index contributed by atoms with van der Waals surface area (Å²) in [5.41, 5.74) is 6.42. The highest BCUT2D eigenvalue weighted by Gasteiger charge is 2.13. The Labute approximate surface area is 87.8 Å². The molecular weight excluding hydrogens is 206 g/mol. The third-order valence-electron chi connectivity index (χ3n) is 1.71. The highest BCUT2D eigenvalue weighted by molar-refractivity contribution is 5.89. The van der Waals surface area contributed by atoms with E-state index in [1.807, 2.05) is 0 Å². The number of nitrogens with zero attached hydrogens (tertiary/aromatic N) is 2. The van der Waals surface area contributed by atoms with Crippen LogP contribution in [0.25, 0.3) is 0 Å². The number of hydrogen-bond acceptors (Lipinski definition) is 4. The molecule has 0 saturated heterocycles. The molecule has 1 heterocycles. The molecule has 14 heavy (non-hydrogen) atoms. The van der Waals surface area contributed by atoms with Crippen LogP contribution in [0.4, 0.5) is 0 Å². The van der Waals surface area contributed by atoms with Gasteiger partial charge in [-0.05, 0) is 13.8 Å². The lowest BCUT2D eigenvalue weighted by Gasteiger charge is -2.05. The van der Waals surface area contributed by atoms with Crippen molar-refractivity contribution in [3.05, 3.63) is 22.8 Å². The van der Waals surface area contributed by atoms with Crippen molar-refractivity contribution in [1.82, 2.24) is 9.97 Å². The summed E-state index contributed by atoms with van der Waals surface area (Å²) in [5.74, 6) is -0.529. The van der Waals surface area contributed by atoms with Crippen molar-refractivity contribution in [2.24, 2.45) is 5.73 Å². The van der Waals surface area contributed by atoms with Crippen LogP contribution in [0.3, 0.4) is 0 Å². The van der Waals surface area contributed by atoms with Crippen molar-refractivity contribution in [3.63, 3.8) is 0 Å². The van der Waals surface area contributed by atoms with Crippen molar-refractivity contribution in [2.75, 3.05) is 0 Å². The Bertz CT molecular complexity index is 331. The molecule has 3 N–H and O–H groups in total. The number of aryl methyl sites for hydroxylation is 2. The summed E-state index contributed by atoms with van der Waals surface area (Å²) in [7, 11) is 0. The Balaban J connectivity index is 0.00000169. The molecule has 0 unspecified atom stereocenters. The molecule has 0 saturated carbocycles. The number of rotatable bonds is 2. The SMILES string of the molecule is Cc1nc(CN)nc(C)c1C(=O)O.Cl. The average molecular weight is 218 g/mol. The molecule has 0 atom stereocenters. The Kier molecular flexibility index (Phi) is 4.46. The third kappa shape index (κ3) is 2.40. The van der Waals surface area contributed by atoms with Crippen LogP contribution in [-0.2, 0) is 6.54 Å². The number of carboxylic acid groups (broad SMARTS) is 1. The largest absolute Gasteiger partial charge is 0.478 e. The zero-order valence-electron chi connectivity index (χ0n) is 7.94. The van der Waals surface area contributed by atoms with E-state index in [9.17, 15) is 4.79 Å². The van der Waals surface area contributed by atoms with E-state index in [2.05, 4.69) is 9.97 Å². The lowest BCUT2D eigenvalue weighted by molar-refractivity contribution is 0.0694. The lowest BCUT2D eigenvalue weighted by Crippen LogP contribution is -2.12. The maximum Gasteiger partial charge on any atom is 0.339 e. The Morgan fingerprint density at radius 3 is 2.07 bits per heavy atom. The smallest absolute Gasteiger partial charge is 0.339 e. The summed E-state index contributed by atoms with van der Waals surface area (Å²) in [6, 6.07) is 0. The van der Waals surface area contributed by atoms with E-state index in [1.54, 1.807) is 13.8 Å². The van der Waals surface area contributed by atoms with Crippen molar-refractivity contribution in [3.8, 4) is 0 Å². The monoisotopic (exact) mass is 217 g/mol. The molecule has 1 aromatic heterocycles. The van der Waals surface area contributed by atoms with Gasteiger partial charge in [0, 0.05) is 0 Å². The van der Waals surface area contributed by atoms with Crippen molar-refractivity contribution >= 4 is 18.4 Å². The van der Waals surface area contributed by atoms with Crippen LogP contribution in [0.5, 0.6) is 0 Å². The maximum absolute atomic E-state index is 10.7. The van der Waals surface area contributed by atoms with E-state index in [1.165, 1.54) is 0 Å². The van der Waals surface area contributed by atoms with Gasteiger partial charge in [-0.2, -0.15) is 0 Å².